The van der Waals surface area contributed by atoms with Crippen LogP contribution in [0.4, 0.5) is 0 Å². The van der Waals surface area contributed by atoms with Crippen LogP contribution >= 0.6 is 11.3 Å². The van der Waals surface area contributed by atoms with Crippen LogP contribution in [0.5, 0.6) is 0 Å². The van der Waals surface area contributed by atoms with Gasteiger partial charge in [-0.2, -0.15) is 0 Å². The van der Waals surface area contributed by atoms with Crippen molar-refractivity contribution in [2.75, 3.05) is 13.1 Å². The van der Waals surface area contributed by atoms with Gasteiger partial charge in [-0.05, 0) is 61.5 Å². The summed E-state index contributed by atoms with van der Waals surface area (Å²) < 4.78 is 0. The Morgan fingerprint density at radius 1 is 1.35 bits per heavy atom. The fourth-order valence-electron chi connectivity index (χ4n) is 6.57. The molecule has 0 radical (unpaired) electrons. The first-order valence-electron chi connectivity index (χ1n) is 11.8. The number of aliphatic hydroxyl groups is 1. The molecule has 166 valence electrons. The van der Waals surface area contributed by atoms with Crippen LogP contribution in [0.2, 0.25) is 0 Å². The smallest absolute Gasteiger partial charge is 0.225 e. The zero-order chi connectivity index (χ0) is 21.8. The van der Waals surface area contributed by atoms with Crippen molar-refractivity contribution in [1.29, 1.82) is 0 Å². The molecule has 1 saturated heterocycles. The molecule has 31 heavy (non-hydrogen) atoms. The number of carbonyl (C=O) groups excluding carboxylic acids is 1. The average Bonchev–Trinajstić information content (AvgIpc) is 3.43. The van der Waals surface area contributed by atoms with Crippen LogP contribution in [0.3, 0.4) is 0 Å². The van der Waals surface area contributed by atoms with Crippen LogP contribution in [0.1, 0.15) is 62.9 Å². The maximum absolute atomic E-state index is 13.1. The van der Waals surface area contributed by atoms with Gasteiger partial charge in [-0.3, -0.25) is 9.78 Å². The molecule has 3 aliphatic rings. The molecule has 2 aromatic rings. The highest BCUT2D eigenvalue weighted by Crippen LogP contribution is 2.57. The van der Waals surface area contributed by atoms with E-state index in [4.69, 9.17) is 4.98 Å². The molecule has 0 spiro atoms. The molecule has 1 aliphatic heterocycles. The van der Waals surface area contributed by atoms with E-state index >= 15 is 0 Å². The Labute approximate surface area is 188 Å². The van der Waals surface area contributed by atoms with Crippen LogP contribution in [-0.2, 0) is 11.2 Å². The SMILES string of the molecule is C[C@H](C(=O)N1CCCC1)[C@H]1CC[C@@]2(C)Cc3sc(-c4cccnc4)nc3[C@@H](C)[C@@H]2[C@H]1O. The quantitative estimate of drug-likeness (QED) is 0.764. The van der Waals surface area contributed by atoms with Gasteiger partial charge in [0.2, 0.25) is 5.91 Å². The molecule has 2 aromatic heterocycles. The Morgan fingerprint density at radius 2 is 2.13 bits per heavy atom. The van der Waals surface area contributed by atoms with Gasteiger partial charge in [-0.25, -0.2) is 4.98 Å². The van der Waals surface area contributed by atoms with Crippen LogP contribution in [0.25, 0.3) is 10.6 Å². The van der Waals surface area contributed by atoms with Crippen molar-refractivity contribution >= 4 is 17.2 Å². The Kier molecular flexibility index (Phi) is 5.41. The molecule has 2 aliphatic carbocycles. The topological polar surface area (TPSA) is 66.3 Å². The summed E-state index contributed by atoms with van der Waals surface area (Å²) in [5.41, 5.74) is 2.26. The third kappa shape index (κ3) is 3.52. The fourth-order valence-corrected chi connectivity index (χ4v) is 7.92. The summed E-state index contributed by atoms with van der Waals surface area (Å²) >= 11 is 1.78. The van der Waals surface area contributed by atoms with Gasteiger partial charge < -0.3 is 10.0 Å². The van der Waals surface area contributed by atoms with E-state index < -0.39 is 6.10 Å². The van der Waals surface area contributed by atoms with E-state index in [9.17, 15) is 9.90 Å². The van der Waals surface area contributed by atoms with E-state index in [1.165, 1.54) is 4.88 Å². The summed E-state index contributed by atoms with van der Waals surface area (Å²) in [5.74, 6) is 0.472. The zero-order valence-corrected chi connectivity index (χ0v) is 19.6. The molecule has 0 bridgehead atoms. The molecule has 1 saturated carbocycles. The highest BCUT2D eigenvalue weighted by Gasteiger charge is 2.54. The first kappa shape index (κ1) is 21.1. The lowest BCUT2D eigenvalue weighted by molar-refractivity contribution is -0.143. The standard InChI is InChI=1S/C25H33N3O2S/c1-15(24(30)28-11-4-5-12-28)18-8-9-25(3)13-19-21(16(2)20(25)22(18)29)27-23(31-19)17-7-6-10-26-14-17/h6-7,10,14-16,18,20,22,29H,4-5,8-9,11-13H2,1-3H3/t15-,16-,18+,20+,22-,25-/m0/s1. The normalized spacial score (nSPS) is 33.6. The van der Waals surface area contributed by atoms with Crippen molar-refractivity contribution in [3.05, 3.63) is 35.1 Å². The third-order valence-electron chi connectivity index (χ3n) is 8.28. The number of carbonyl (C=O) groups is 1. The molecule has 6 atom stereocenters. The number of hydrogen-bond donors (Lipinski definition) is 1. The molecule has 6 heteroatoms. The number of aliphatic hydroxyl groups excluding tert-OH is 1. The van der Waals surface area contributed by atoms with Crippen molar-refractivity contribution in [2.45, 2.75) is 64.9 Å². The van der Waals surface area contributed by atoms with Crippen LogP contribution in [0.15, 0.2) is 24.5 Å². The van der Waals surface area contributed by atoms with E-state index in [1.807, 2.05) is 24.1 Å². The zero-order valence-electron chi connectivity index (χ0n) is 18.8. The maximum atomic E-state index is 13.1. The van der Waals surface area contributed by atoms with E-state index in [0.717, 1.165) is 61.5 Å². The summed E-state index contributed by atoms with van der Waals surface area (Å²) in [6.45, 7) is 8.37. The van der Waals surface area contributed by atoms with E-state index in [-0.39, 0.29) is 35.0 Å². The Morgan fingerprint density at radius 3 is 2.84 bits per heavy atom. The number of thiazole rings is 1. The van der Waals surface area contributed by atoms with Gasteiger partial charge in [0.05, 0.1) is 11.8 Å². The molecule has 5 nitrogen and oxygen atoms in total. The predicted molar refractivity (Wildman–Crippen MR) is 123 cm³/mol. The average molecular weight is 440 g/mol. The van der Waals surface area contributed by atoms with Crippen molar-refractivity contribution in [3.63, 3.8) is 0 Å². The first-order chi connectivity index (χ1) is 14.9. The molecule has 0 aromatic carbocycles. The maximum Gasteiger partial charge on any atom is 0.225 e. The number of rotatable bonds is 3. The van der Waals surface area contributed by atoms with E-state index in [2.05, 4.69) is 24.9 Å². The largest absolute Gasteiger partial charge is 0.392 e. The van der Waals surface area contributed by atoms with Crippen LogP contribution < -0.4 is 0 Å². The minimum absolute atomic E-state index is 0.0339. The highest BCUT2D eigenvalue weighted by atomic mass is 32.1. The summed E-state index contributed by atoms with van der Waals surface area (Å²) in [5, 5.41) is 12.6. The van der Waals surface area contributed by atoms with Gasteiger partial charge in [0.15, 0.2) is 0 Å². The summed E-state index contributed by atoms with van der Waals surface area (Å²) in [6.07, 6.45) is 8.35. The third-order valence-corrected chi connectivity index (χ3v) is 9.40. The van der Waals surface area contributed by atoms with Gasteiger partial charge in [0, 0.05) is 47.8 Å². The minimum Gasteiger partial charge on any atom is -0.392 e. The second kappa shape index (κ2) is 7.96. The number of amides is 1. The van der Waals surface area contributed by atoms with Gasteiger partial charge in [-0.1, -0.05) is 20.8 Å². The monoisotopic (exact) mass is 439 g/mol. The van der Waals surface area contributed by atoms with Gasteiger partial charge in [0.1, 0.15) is 5.01 Å². The lowest BCUT2D eigenvalue weighted by Gasteiger charge is -2.53. The molecular weight excluding hydrogens is 406 g/mol. The van der Waals surface area contributed by atoms with Gasteiger partial charge >= 0.3 is 0 Å². The molecule has 1 amide bonds. The van der Waals surface area contributed by atoms with Gasteiger partial charge in [0.25, 0.3) is 0 Å². The van der Waals surface area contributed by atoms with Crippen molar-refractivity contribution < 1.29 is 9.90 Å². The number of aromatic nitrogens is 2. The molecule has 5 rings (SSSR count). The van der Waals surface area contributed by atoms with Crippen molar-refractivity contribution in [1.82, 2.24) is 14.9 Å². The van der Waals surface area contributed by atoms with Crippen LogP contribution in [-0.4, -0.2) is 45.1 Å². The minimum atomic E-state index is -0.466. The Balaban J connectivity index is 1.42. The summed E-state index contributed by atoms with van der Waals surface area (Å²) in [7, 11) is 0. The lowest BCUT2D eigenvalue weighted by atomic mass is 9.53. The highest BCUT2D eigenvalue weighted by molar-refractivity contribution is 7.15. The lowest BCUT2D eigenvalue weighted by Crippen LogP contribution is -2.53. The van der Waals surface area contributed by atoms with Gasteiger partial charge in [-0.15, -0.1) is 11.3 Å². The van der Waals surface area contributed by atoms with E-state index in [1.54, 1.807) is 17.5 Å². The molecule has 2 fully saturated rings. The second-order valence-electron chi connectivity index (χ2n) is 10.2. The molecular formula is C25H33N3O2S. The predicted octanol–water partition coefficient (Wildman–Crippen LogP) is 4.52. The van der Waals surface area contributed by atoms with Crippen molar-refractivity contribution in [3.8, 4) is 10.6 Å². The van der Waals surface area contributed by atoms with E-state index in [0.29, 0.717) is 0 Å². The number of hydrogen-bond acceptors (Lipinski definition) is 5. The van der Waals surface area contributed by atoms with Crippen molar-refractivity contribution in [2.24, 2.45) is 23.2 Å². The molecule has 1 N–H and O–H groups in total. The summed E-state index contributed by atoms with van der Waals surface area (Å²) in [4.78, 5) is 25.7. The molecule has 0 unspecified atom stereocenters. The number of nitrogens with zero attached hydrogens (tertiary/aromatic N) is 3. The van der Waals surface area contributed by atoms with Crippen LogP contribution in [0, 0.1) is 23.2 Å². The second-order valence-corrected chi connectivity index (χ2v) is 11.3. The molecule has 3 heterocycles. The summed E-state index contributed by atoms with van der Waals surface area (Å²) in [6, 6.07) is 4.01. The first-order valence-corrected chi connectivity index (χ1v) is 12.6. The Bertz CT molecular complexity index is 955. The number of pyridine rings is 1. The fraction of sp³-hybridized carbons (Fsp3) is 0.640. The number of fused-ring (bicyclic) bond motifs is 2. The number of likely N-dealkylation sites (tertiary alicyclic amines) is 1. The Hall–Kier alpha value is -1.79.